The highest BCUT2D eigenvalue weighted by molar-refractivity contribution is 8.13. The maximum atomic E-state index is 12.8. The number of benzene rings is 1. The van der Waals surface area contributed by atoms with Crippen LogP contribution in [0.3, 0.4) is 0 Å². The molecule has 0 radical (unpaired) electrons. The Morgan fingerprint density at radius 1 is 1.17 bits per heavy atom. The van der Waals surface area contributed by atoms with Crippen molar-refractivity contribution in [1.29, 1.82) is 0 Å². The van der Waals surface area contributed by atoms with Gasteiger partial charge in [-0.15, -0.1) is 0 Å². The van der Waals surface area contributed by atoms with Crippen LogP contribution in [-0.2, 0) is 9.59 Å². The van der Waals surface area contributed by atoms with E-state index in [2.05, 4.69) is 5.32 Å². The second kappa shape index (κ2) is 7.18. The van der Waals surface area contributed by atoms with Gasteiger partial charge in [-0.1, -0.05) is 47.0 Å². The van der Waals surface area contributed by atoms with Crippen LogP contribution in [0.25, 0.3) is 0 Å². The van der Waals surface area contributed by atoms with Gasteiger partial charge >= 0.3 is 0 Å². The topological polar surface area (TPSA) is 72.2 Å². The van der Waals surface area contributed by atoms with Gasteiger partial charge in [0, 0.05) is 21.4 Å². The third kappa shape index (κ3) is 4.53. The van der Waals surface area contributed by atoms with E-state index in [1.807, 2.05) is 33.8 Å². The molecule has 1 aliphatic carbocycles. The first-order chi connectivity index (χ1) is 11.1. The molecule has 132 valence electrons. The molecular formula is C19H28N2O2S. The first kappa shape index (κ1) is 18.8. The Hall–Kier alpha value is -1.49. The molecule has 5 heteroatoms. The number of rotatable bonds is 3. The maximum Gasteiger partial charge on any atom is 0.230 e. The van der Waals surface area contributed by atoms with Crippen molar-refractivity contribution in [3.63, 3.8) is 0 Å². The van der Waals surface area contributed by atoms with E-state index in [1.54, 1.807) is 12.1 Å². The first-order valence-electron chi connectivity index (χ1n) is 8.55. The second-order valence-electron chi connectivity index (χ2n) is 7.97. The molecule has 3 N–H and O–H groups in total. The molecule has 1 saturated carbocycles. The number of anilines is 2. The summed E-state index contributed by atoms with van der Waals surface area (Å²) in [6.07, 6.45) is 5.19. The average Bonchev–Trinajstić information content (AvgIpc) is 2.49. The summed E-state index contributed by atoms with van der Waals surface area (Å²) in [4.78, 5) is 25.9. The fourth-order valence-corrected chi connectivity index (χ4v) is 3.68. The summed E-state index contributed by atoms with van der Waals surface area (Å²) in [6, 6.07) is 5.31. The first-order valence-corrected chi connectivity index (χ1v) is 9.37. The highest BCUT2D eigenvalue weighted by Crippen LogP contribution is 2.39. The van der Waals surface area contributed by atoms with Crippen molar-refractivity contribution in [2.45, 2.75) is 64.7 Å². The van der Waals surface area contributed by atoms with E-state index in [-0.39, 0.29) is 16.4 Å². The normalized spacial score (nSPS) is 17.3. The minimum Gasteiger partial charge on any atom is -0.399 e. The molecule has 0 aliphatic heterocycles. The van der Waals surface area contributed by atoms with Gasteiger partial charge in [-0.3, -0.25) is 9.59 Å². The molecule has 24 heavy (non-hydrogen) atoms. The fraction of sp³-hybridized carbons (Fsp3) is 0.579. The van der Waals surface area contributed by atoms with E-state index >= 15 is 0 Å². The number of amides is 1. The lowest BCUT2D eigenvalue weighted by Gasteiger charge is -2.32. The van der Waals surface area contributed by atoms with Crippen LogP contribution in [0.15, 0.2) is 23.1 Å². The number of nitrogens with one attached hydrogen (secondary N) is 1. The van der Waals surface area contributed by atoms with Gasteiger partial charge in [0.2, 0.25) is 5.91 Å². The molecule has 0 heterocycles. The average molecular weight is 349 g/mol. The molecule has 0 saturated heterocycles. The summed E-state index contributed by atoms with van der Waals surface area (Å²) in [7, 11) is 0. The molecule has 2 rings (SSSR count). The molecule has 1 amide bonds. The molecule has 0 atom stereocenters. The van der Waals surface area contributed by atoms with E-state index in [1.165, 1.54) is 6.42 Å². The van der Waals surface area contributed by atoms with Crippen molar-refractivity contribution in [3.8, 4) is 0 Å². The summed E-state index contributed by atoms with van der Waals surface area (Å²) in [5.74, 6) is 0.0258. The summed E-state index contributed by atoms with van der Waals surface area (Å²) in [6.45, 7) is 7.70. The van der Waals surface area contributed by atoms with Crippen molar-refractivity contribution in [3.05, 3.63) is 18.2 Å². The Morgan fingerprint density at radius 2 is 1.79 bits per heavy atom. The second-order valence-corrected chi connectivity index (χ2v) is 8.99. The van der Waals surface area contributed by atoms with Gasteiger partial charge in [0.05, 0.1) is 5.69 Å². The quantitative estimate of drug-likeness (QED) is 0.605. The Morgan fingerprint density at radius 3 is 2.38 bits per heavy atom. The van der Waals surface area contributed by atoms with Crippen molar-refractivity contribution in [2.24, 2.45) is 10.8 Å². The van der Waals surface area contributed by atoms with Crippen LogP contribution in [0.4, 0.5) is 11.4 Å². The van der Waals surface area contributed by atoms with Gasteiger partial charge < -0.3 is 11.1 Å². The van der Waals surface area contributed by atoms with E-state index in [0.717, 1.165) is 42.3 Å². The SMILES string of the molecule is CC(C)(C)C(=O)Sc1ccc(N)cc1NC(=O)C1(C)CCCCC1. The zero-order chi connectivity index (χ0) is 18.0. The smallest absolute Gasteiger partial charge is 0.230 e. The van der Waals surface area contributed by atoms with Crippen LogP contribution in [0, 0.1) is 10.8 Å². The molecule has 1 aromatic rings. The third-order valence-electron chi connectivity index (χ3n) is 4.57. The molecule has 0 aromatic heterocycles. The van der Waals surface area contributed by atoms with Crippen LogP contribution in [0.5, 0.6) is 0 Å². The predicted molar refractivity (Wildman–Crippen MR) is 101 cm³/mol. The van der Waals surface area contributed by atoms with Gasteiger partial charge in [-0.05, 0) is 42.8 Å². The number of thioether (sulfide) groups is 1. The molecular weight excluding hydrogens is 320 g/mol. The zero-order valence-corrected chi connectivity index (χ0v) is 15.9. The number of hydrogen-bond donors (Lipinski definition) is 2. The third-order valence-corrected chi connectivity index (χ3v) is 5.95. The highest BCUT2D eigenvalue weighted by Gasteiger charge is 2.35. The monoisotopic (exact) mass is 348 g/mol. The van der Waals surface area contributed by atoms with Gasteiger partial charge in [-0.25, -0.2) is 0 Å². The van der Waals surface area contributed by atoms with Crippen LogP contribution in [0.1, 0.15) is 59.8 Å². The summed E-state index contributed by atoms with van der Waals surface area (Å²) >= 11 is 1.16. The molecule has 0 unspecified atom stereocenters. The number of hydrogen-bond acceptors (Lipinski definition) is 4. The number of carbonyl (C=O) groups excluding carboxylic acids is 2. The standard InChI is InChI=1S/C19H28N2O2S/c1-18(2,3)17(23)24-15-9-8-13(20)12-14(15)21-16(22)19(4)10-6-5-7-11-19/h8-9,12H,5-7,10-11,20H2,1-4H3,(H,21,22). The van der Waals surface area contributed by atoms with E-state index < -0.39 is 5.41 Å². The van der Waals surface area contributed by atoms with Crippen molar-refractivity contribution in [2.75, 3.05) is 11.1 Å². The number of nitrogens with two attached hydrogens (primary N) is 1. The lowest BCUT2D eigenvalue weighted by atomic mass is 9.75. The summed E-state index contributed by atoms with van der Waals surface area (Å²) in [5.41, 5.74) is 6.32. The minimum absolute atomic E-state index is 0.0258. The number of carbonyl (C=O) groups is 2. The Bertz CT molecular complexity index is 629. The van der Waals surface area contributed by atoms with Gasteiger partial charge in [0.15, 0.2) is 5.12 Å². The van der Waals surface area contributed by atoms with Gasteiger partial charge in [0.1, 0.15) is 0 Å². The van der Waals surface area contributed by atoms with Gasteiger partial charge in [0.25, 0.3) is 0 Å². The molecule has 1 aromatic carbocycles. The maximum absolute atomic E-state index is 12.8. The molecule has 0 spiro atoms. The minimum atomic E-state index is -0.442. The lowest BCUT2D eigenvalue weighted by Crippen LogP contribution is -2.35. The zero-order valence-electron chi connectivity index (χ0n) is 15.1. The van der Waals surface area contributed by atoms with Crippen LogP contribution in [-0.4, -0.2) is 11.0 Å². The highest BCUT2D eigenvalue weighted by atomic mass is 32.2. The largest absolute Gasteiger partial charge is 0.399 e. The summed E-state index contributed by atoms with van der Waals surface area (Å²) in [5, 5.41) is 3.09. The number of nitrogen functional groups attached to an aromatic ring is 1. The Labute approximate surface area is 149 Å². The molecule has 4 nitrogen and oxygen atoms in total. The van der Waals surface area contributed by atoms with Crippen molar-refractivity contribution >= 4 is 34.2 Å². The van der Waals surface area contributed by atoms with E-state index in [4.69, 9.17) is 5.73 Å². The summed E-state index contributed by atoms with van der Waals surface area (Å²) < 4.78 is 0. The lowest BCUT2D eigenvalue weighted by molar-refractivity contribution is -0.126. The van der Waals surface area contributed by atoms with E-state index in [9.17, 15) is 9.59 Å². The predicted octanol–water partition coefficient (Wildman–Crippen LogP) is 4.84. The van der Waals surface area contributed by atoms with Gasteiger partial charge in [-0.2, -0.15) is 0 Å². The van der Waals surface area contributed by atoms with Crippen LogP contribution >= 0.6 is 11.8 Å². The molecule has 1 aliphatic rings. The van der Waals surface area contributed by atoms with Crippen LogP contribution in [0.2, 0.25) is 0 Å². The Balaban J connectivity index is 2.21. The molecule has 1 fully saturated rings. The fourth-order valence-electron chi connectivity index (χ4n) is 2.82. The Kier molecular flexibility index (Phi) is 5.63. The van der Waals surface area contributed by atoms with Crippen molar-refractivity contribution in [1.82, 2.24) is 0 Å². The van der Waals surface area contributed by atoms with Crippen LogP contribution < -0.4 is 11.1 Å². The van der Waals surface area contributed by atoms with Crippen molar-refractivity contribution < 1.29 is 9.59 Å². The molecule has 0 bridgehead atoms. The van der Waals surface area contributed by atoms with E-state index in [0.29, 0.717) is 11.4 Å².